The minimum Gasteiger partial charge on any atom is -0.393 e. The minimum atomic E-state index is -0.0774. The summed E-state index contributed by atoms with van der Waals surface area (Å²) in [6.07, 6.45) is 5.87. The topological polar surface area (TPSA) is 32.3 Å². The van der Waals surface area contributed by atoms with Crippen LogP contribution >= 0.6 is 0 Å². The van der Waals surface area contributed by atoms with Crippen LogP contribution in [0, 0.1) is 23.2 Å². The second kappa shape index (κ2) is 5.50. The number of aliphatic hydroxyl groups is 1. The van der Waals surface area contributed by atoms with Crippen molar-refractivity contribution in [2.45, 2.75) is 71.9 Å². The molecule has 0 aromatic rings. The third kappa shape index (κ3) is 3.27. The van der Waals surface area contributed by atoms with E-state index in [1.54, 1.807) is 0 Å². The average molecular weight is 253 g/mol. The number of aliphatic hydroxyl groups excluding tert-OH is 1. The van der Waals surface area contributed by atoms with Gasteiger partial charge in [0.05, 0.1) is 6.10 Å². The predicted octanol–water partition coefficient (Wildman–Crippen LogP) is 3.20. The predicted molar refractivity (Wildman–Crippen MR) is 76.5 cm³/mol. The lowest BCUT2D eigenvalue weighted by Gasteiger charge is -2.45. The smallest absolute Gasteiger partial charge is 0.0583 e. The van der Waals surface area contributed by atoms with Gasteiger partial charge < -0.3 is 10.4 Å². The molecule has 0 amide bonds. The molecule has 2 N–H and O–H groups in total. The SMILES string of the molecule is CC1CCNC(C2CC(C(C)(C)C)CCC2O)C1. The van der Waals surface area contributed by atoms with Crippen LogP contribution < -0.4 is 5.32 Å². The van der Waals surface area contributed by atoms with Crippen LogP contribution in [0.3, 0.4) is 0 Å². The summed E-state index contributed by atoms with van der Waals surface area (Å²) in [5.74, 6) is 2.06. The largest absolute Gasteiger partial charge is 0.393 e. The van der Waals surface area contributed by atoms with Gasteiger partial charge in [-0.25, -0.2) is 0 Å². The van der Waals surface area contributed by atoms with Gasteiger partial charge in [-0.2, -0.15) is 0 Å². The van der Waals surface area contributed by atoms with Gasteiger partial charge in [0, 0.05) is 12.0 Å². The van der Waals surface area contributed by atoms with E-state index < -0.39 is 0 Å². The van der Waals surface area contributed by atoms with Crippen LogP contribution in [-0.2, 0) is 0 Å². The molecule has 2 nitrogen and oxygen atoms in total. The fraction of sp³-hybridized carbons (Fsp3) is 1.00. The highest BCUT2D eigenvalue weighted by Crippen LogP contribution is 2.42. The molecule has 1 saturated carbocycles. The Morgan fingerprint density at radius 1 is 1.06 bits per heavy atom. The molecule has 2 aliphatic rings. The number of rotatable bonds is 1. The highest BCUT2D eigenvalue weighted by atomic mass is 16.3. The molecule has 0 bridgehead atoms. The first-order valence-corrected chi connectivity index (χ1v) is 7.79. The molecule has 0 radical (unpaired) electrons. The summed E-state index contributed by atoms with van der Waals surface area (Å²) >= 11 is 0. The molecule has 1 aliphatic heterocycles. The number of piperidine rings is 1. The maximum atomic E-state index is 10.4. The Labute approximate surface area is 113 Å². The van der Waals surface area contributed by atoms with Crippen molar-refractivity contribution in [2.24, 2.45) is 23.2 Å². The standard InChI is InChI=1S/C16H31NO/c1-11-7-8-17-14(9-11)13-10-12(16(2,3)4)5-6-15(13)18/h11-15,17-18H,5-10H2,1-4H3. The molecule has 2 heteroatoms. The van der Waals surface area contributed by atoms with Crippen molar-refractivity contribution < 1.29 is 5.11 Å². The lowest BCUT2D eigenvalue weighted by molar-refractivity contribution is -0.00509. The lowest BCUT2D eigenvalue weighted by atomic mass is 9.65. The van der Waals surface area contributed by atoms with E-state index in [4.69, 9.17) is 0 Å². The van der Waals surface area contributed by atoms with Crippen molar-refractivity contribution in [3.05, 3.63) is 0 Å². The highest BCUT2D eigenvalue weighted by Gasteiger charge is 2.39. The molecule has 1 aliphatic carbocycles. The summed E-state index contributed by atoms with van der Waals surface area (Å²) in [5.41, 5.74) is 0.388. The van der Waals surface area contributed by atoms with Gasteiger partial charge in [-0.3, -0.25) is 0 Å². The van der Waals surface area contributed by atoms with Gasteiger partial charge in [-0.05, 0) is 55.9 Å². The van der Waals surface area contributed by atoms with Crippen molar-refractivity contribution in [3.63, 3.8) is 0 Å². The van der Waals surface area contributed by atoms with Gasteiger partial charge in [0.25, 0.3) is 0 Å². The van der Waals surface area contributed by atoms with E-state index in [1.165, 1.54) is 25.7 Å². The molecule has 0 aromatic carbocycles. The third-order valence-electron chi connectivity index (χ3n) is 5.30. The number of hydrogen-bond acceptors (Lipinski definition) is 2. The molecule has 0 spiro atoms. The fourth-order valence-electron chi connectivity index (χ4n) is 3.88. The van der Waals surface area contributed by atoms with Gasteiger partial charge in [0.15, 0.2) is 0 Å². The van der Waals surface area contributed by atoms with Crippen LogP contribution in [0.4, 0.5) is 0 Å². The maximum absolute atomic E-state index is 10.4. The van der Waals surface area contributed by atoms with Crippen LogP contribution in [0.2, 0.25) is 0 Å². The molecule has 5 unspecified atom stereocenters. The molecular formula is C16H31NO. The Bertz CT molecular complexity index is 271. The van der Waals surface area contributed by atoms with Crippen molar-refractivity contribution in [3.8, 4) is 0 Å². The molecular weight excluding hydrogens is 222 g/mol. The van der Waals surface area contributed by atoms with Crippen molar-refractivity contribution >= 4 is 0 Å². The first-order chi connectivity index (χ1) is 8.38. The number of hydrogen-bond donors (Lipinski definition) is 2. The first kappa shape index (κ1) is 14.3. The van der Waals surface area contributed by atoms with E-state index in [2.05, 4.69) is 33.0 Å². The Kier molecular flexibility index (Phi) is 4.38. The van der Waals surface area contributed by atoms with Crippen molar-refractivity contribution in [1.29, 1.82) is 0 Å². The average Bonchev–Trinajstić information content (AvgIpc) is 2.28. The Morgan fingerprint density at radius 2 is 1.78 bits per heavy atom. The van der Waals surface area contributed by atoms with Crippen molar-refractivity contribution in [1.82, 2.24) is 5.32 Å². The van der Waals surface area contributed by atoms with Gasteiger partial charge >= 0.3 is 0 Å². The van der Waals surface area contributed by atoms with Gasteiger partial charge in [-0.15, -0.1) is 0 Å². The summed E-state index contributed by atoms with van der Waals surface area (Å²) in [4.78, 5) is 0. The zero-order valence-electron chi connectivity index (χ0n) is 12.6. The molecule has 0 aromatic heterocycles. The lowest BCUT2D eigenvalue weighted by Crippen LogP contribution is -2.49. The van der Waals surface area contributed by atoms with E-state index in [-0.39, 0.29) is 6.10 Å². The Morgan fingerprint density at radius 3 is 2.39 bits per heavy atom. The van der Waals surface area contributed by atoms with Crippen LogP contribution in [-0.4, -0.2) is 23.8 Å². The van der Waals surface area contributed by atoms with E-state index in [0.717, 1.165) is 24.8 Å². The second-order valence-electron chi connectivity index (χ2n) is 7.80. The fourth-order valence-corrected chi connectivity index (χ4v) is 3.88. The summed E-state index contributed by atoms with van der Waals surface area (Å²) in [7, 11) is 0. The van der Waals surface area contributed by atoms with Crippen LogP contribution in [0.15, 0.2) is 0 Å². The maximum Gasteiger partial charge on any atom is 0.0583 e. The zero-order valence-corrected chi connectivity index (χ0v) is 12.6. The molecule has 106 valence electrons. The highest BCUT2D eigenvalue weighted by molar-refractivity contribution is 4.93. The van der Waals surface area contributed by atoms with Crippen LogP contribution in [0.5, 0.6) is 0 Å². The molecule has 1 heterocycles. The number of nitrogens with one attached hydrogen (secondary N) is 1. The van der Waals surface area contributed by atoms with Crippen LogP contribution in [0.1, 0.15) is 59.8 Å². The van der Waals surface area contributed by atoms with Gasteiger partial charge in [0.2, 0.25) is 0 Å². The van der Waals surface area contributed by atoms with E-state index in [0.29, 0.717) is 17.4 Å². The van der Waals surface area contributed by atoms with Gasteiger partial charge in [0.1, 0.15) is 0 Å². The van der Waals surface area contributed by atoms with E-state index >= 15 is 0 Å². The summed E-state index contributed by atoms with van der Waals surface area (Å²) in [5, 5.41) is 14.0. The summed E-state index contributed by atoms with van der Waals surface area (Å²) in [6, 6.07) is 0.550. The molecule has 2 fully saturated rings. The molecule has 1 saturated heterocycles. The second-order valence-corrected chi connectivity index (χ2v) is 7.80. The van der Waals surface area contributed by atoms with Gasteiger partial charge in [-0.1, -0.05) is 27.7 Å². The normalized spacial score (nSPS) is 42.8. The quantitative estimate of drug-likeness (QED) is 0.752. The van der Waals surface area contributed by atoms with E-state index in [1.807, 2.05) is 0 Å². The first-order valence-electron chi connectivity index (χ1n) is 7.79. The Hall–Kier alpha value is -0.0800. The van der Waals surface area contributed by atoms with E-state index in [9.17, 15) is 5.11 Å². The summed E-state index contributed by atoms with van der Waals surface area (Å²) in [6.45, 7) is 10.5. The third-order valence-corrected chi connectivity index (χ3v) is 5.30. The molecule has 5 atom stereocenters. The monoisotopic (exact) mass is 253 g/mol. The molecule has 18 heavy (non-hydrogen) atoms. The zero-order chi connectivity index (χ0) is 13.3. The Balaban J connectivity index is 2.01. The minimum absolute atomic E-state index is 0.0774. The van der Waals surface area contributed by atoms with Crippen LogP contribution in [0.25, 0.3) is 0 Å². The summed E-state index contributed by atoms with van der Waals surface area (Å²) < 4.78 is 0. The van der Waals surface area contributed by atoms with Crippen molar-refractivity contribution in [2.75, 3.05) is 6.54 Å². The molecule has 2 rings (SSSR count).